The first-order valence-corrected chi connectivity index (χ1v) is 6.24. The molecule has 1 saturated heterocycles. The predicted octanol–water partition coefficient (Wildman–Crippen LogP) is 1.82. The molecule has 108 valence electrons. The summed E-state index contributed by atoms with van der Waals surface area (Å²) in [5, 5.41) is 13.8. The smallest absolute Gasteiger partial charge is 0.335 e. The van der Waals surface area contributed by atoms with Gasteiger partial charge in [0.25, 0.3) is 0 Å². The van der Waals surface area contributed by atoms with E-state index in [9.17, 15) is 14.0 Å². The van der Waals surface area contributed by atoms with E-state index in [1.165, 1.54) is 12.1 Å². The van der Waals surface area contributed by atoms with E-state index in [1.807, 2.05) is 0 Å². The topological polar surface area (TPSA) is 87.7 Å². The monoisotopic (exact) mass is 282 g/mol. The minimum atomic E-state index is -1.22. The largest absolute Gasteiger partial charge is 0.478 e. The molecule has 1 aromatic rings. The number of carboxylic acids is 1. The molecule has 1 aliphatic heterocycles. The average molecular weight is 282 g/mol. The van der Waals surface area contributed by atoms with Gasteiger partial charge < -0.3 is 20.5 Å². The van der Waals surface area contributed by atoms with Crippen molar-refractivity contribution < 1.29 is 23.8 Å². The van der Waals surface area contributed by atoms with Gasteiger partial charge >= 0.3 is 12.0 Å². The van der Waals surface area contributed by atoms with Crippen LogP contribution in [0.5, 0.6) is 0 Å². The Bertz CT molecular complexity index is 515. The molecule has 1 aromatic carbocycles. The summed E-state index contributed by atoms with van der Waals surface area (Å²) >= 11 is 0. The van der Waals surface area contributed by atoms with Crippen LogP contribution < -0.4 is 10.6 Å². The number of benzene rings is 1. The Morgan fingerprint density at radius 2 is 2.00 bits per heavy atom. The second kappa shape index (κ2) is 6.33. The molecule has 1 aliphatic rings. The normalized spacial score (nSPS) is 15.7. The maximum Gasteiger partial charge on any atom is 0.335 e. The number of hydrogen-bond donors (Lipinski definition) is 3. The van der Waals surface area contributed by atoms with E-state index in [0.717, 1.165) is 6.07 Å². The van der Waals surface area contributed by atoms with Crippen LogP contribution in [0, 0.1) is 5.82 Å². The van der Waals surface area contributed by atoms with Crippen LogP contribution in [-0.2, 0) is 4.74 Å². The summed E-state index contributed by atoms with van der Waals surface area (Å²) in [6.45, 7) is 1.18. The molecule has 0 bridgehead atoms. The summed E-state index contributed by atoms with van der Waals surface area (Å²) < 4.78 is 18.8. The summed E-state index contributed by atoms with van der Waals surface area (Å²) in [5.41, 5.74) is -0.225. The lowest BCUT2D eigenvalue weighted by Gasteiger charge is -2.23. The number of rotatable bonds is 3. The number of carboxylic acid groups (broad SMARTS) is 1. The maximum atomic E-state index is 13.6. The third kappa shape index (κ3) is 3.67. The summed E-state index contributed by atoms with van der Waals surface area (Å²) in [4.78, 5) is 22.4. The molecule has 1 fully saturated rings. The molecule has 0 spiro atoms. The first kappa shape index (κ1) is 14.3. The number of anilines is 1. The molecule has 3 N–H and O–H groups in total. The van der Waals surface area contributed by atoms with Crippen molar-refractivity contribution in [1.29, 1.82) is 0 Å². The molecular formula is C13H15FN2O4. The minimum absolute atomic E-state index is 0.00473. The van der Waals surface area contributed by atoms with E-state index in [4.69, 9.17) is 9.84 Å². The Kier molecular flexibility index (Phi) is 4.52. The van der Waals surface area contributed by atoms with E-state index < -0.39 is 17.8 Å². The van der Waals surface area contributed by atoms with Crippen molar-refractivity contribution in [3.63, 3.8) is 0 Å². The fourth-order valence-corrected chi connectivity index (χ4v) is 1.94. The van der Waals surface area contributed by atoms with E-state index in [0.29, 0.717) is 26.1 Å². The van der Waals surface area contributed by atoms with E-state index in [-0.39, 0.29) is 17.3 Å². The number of urea groups is 1. The van der Waals surface area contributed by atoms with Crippen LogP contribution >= 0.6 is 0 Å². The number of carbonyl (C=O) groups excluding carboxylic acids is 1. The molecule has 0 aliphatic carbocycles. The van der Waals surface area contributed by atoms with Gasteiger partial charge in [0.1, 0.15) is 5.82 Å². The third-order valence-electron chi connectivity index (χ3n) is 3.02. The molecule has 0 aromatic heterocycles. The molecule has 2 amide bonds. The number of hydrogen-bond acceptors (Lipinski definition) is 3. The Labute approximate surface area is 114 Å². The minimum Gasteiger partial charge on any atom is -0.478 e. The lowest BCUT2D eigenvalue weighted by Crippen LogP contribution is -2.41. The summed E-state index contributed by atoms with van der Waals surface area (Å²) in [6, 6.07) is 2.81. The number of ether oxygens (including phenoxy) is 1. The van der Waals surface area contributed by atoms with Crippen molar-refractivity contribution in [2.75, 3.05) is 18.5 Å². The first-order chi connectivity index (χ1) is 9.56. The van der Waals surface area contributed by atoms with Gasteiger partial charge in [0.15, 0.2) is 0 Å². The molecule has 7 heteroatoms. The zero-order valence-corrected chi connectivity index (χ0v) is 10.7. The summed E-state index contributed by atoms with van der Waals surface area (Å²) in [6.07, 6.45) is 1.43. The predicted molar refractivity (Wildman–Crippen MR) is 69.4 cm³/mol. The number of halogens is 1. The van der Waals surface area contributed by atoms with Gasteiger partial charge in [-0.3, -0.25) is 0 Å². The van der Waals surface area contributed by atoms with Crippen LogP contribution in [0.1, 0.15) is 23.2 Å². The van der Waals surface area contributed by atoms with Crippen LogP contribution in [0.15, 0.2) is 18.2 Å². The van der Waals surface area contributed by atoms with Crippen molar-refractivity contribution in [2.45, 2.75) is 18.9 Å². The molecule has 6 nitrogen and oxygen atoms in total. The van der Waals surface area contributed by atoms with E-state index in [1.54, 1.807) is 0 Å². The van der Waals surface area contributed by atoms with Gasteiger partial charge in [0, 0.05) is 19.3 Å². The molecular weight excluding hydrogens is 267 g/mol. The fourth-order valence-electron chi connectivity index (χ4n) is 1.94. The van der Waals surface area contributed by atoms with Gasteiger partial charge in [0.2, 0.25) is 0 Å². The standard InChI is InChI=1S/C13H15FN2O4/c14-10-7-8(12(17)18)1-2-11(10)16-13(19)15-9-3-5-20-6-4-9/h1-2,7,9H,3-6H2,(H,17,18)(H2,15,16,19). The molecule has 0 saturated carbocycles. The first-order valence-electron chi connectivity index (χ1n) is 6.24. The second-order valence-electron chi connectivity index (χ2n) is 4.48. The van der Waals surface area contributed by atoms with Gasteiger partial charge in [-0.25, -0.2) is 14.0 Å². The summed E-state index contributed by atoms with van der Waals surface area (Å²) in [5.74, 6) is -2.01. The third-order valence-corrected chi connectivity index (χ3v) is 3.02. The highest BCUT2D eigenvalue weighted by atomic mass is 19.1. The van der Waals surface area contributed by atoms with Crippen LogP contribution in [0.3, 0.4) is 0 Å². The highest BCUT2D eigenvalue weighted by Crippen LogP contribution is 2.16. The fraction of sp³-hybridized carbons (Fsp3) is 0.385. The number of carbonyl (C=O) groups is 2. The second-order valence-corrected chi connectivity index (χ2v) is 4.48. The average Bonchev–Trinajstić information content (AvgIpc) is 2.42. The highest BCUT2D eigenvalue weighted by Gasteiger charge is 2.17. The van der Waals surface area contributed by atoms with Crippen LogP contribution in [-0.4, -0.2) is 36.4 Å². The zero-order chi connectivity index (χ0) is 14.5. The maximum absolute atomic E-state index is 13.6. The Balaban J connectivity index is 1.95. The molecule has 20 heavy (non-hydrogen) atoms. The van der Waals surface area contributed by atoms with Crippen molar-refractivity contribution in [3.05, 3.63) is 29.6 Å². The molecule has 2 rings (SSSR count). The van der Waals surface area contributed by atoms with Gasteiger partial charge in [-0.2, -0.15) is 0 Å². The van der Waals surface area contributed by atoms with Crippen LogP contribution in [0.25, 0.3) is 0 Å². The van der Waals surface area contributed by atoms with Crippen molar-refractivity contribution in [1.82, 2.24) is 5.32 Å². The van der Waals surface area contributed by atoms with Gasteiger partial charge in [-0.1, -0.05) is 0 Å². The summed E-state index contributed by atoms with van der Waals surface area (Å²) in [7, 11) is 0. The van der Waals surface area contributed by atoms with Gasteiger partial charge in [-0.15, -0.1) is 0 Å². The molecule has 0 atom stereocenters. The lowest BCUT2D eigenvalue weighted by atomic mass is 10.1. The van der Waals surface area contributed by atoms with E-state index >= 15 is 0 Å². The number of nitrogens with one attached hydrogen (secondary N) is 2. The van der Waals surface area contributed by atoms with Crippen LogP contribution in [0.4, 0.5) is 14.9 Å². The van der Waals surface area contributed by atoms with Crippen molar-refractivity contribution >= 4 is 17.7 Å². The number of aromatic carboxylic acids is 1. The quantitative estimate of drug-likeness (QED) is 0.789. The lowest BCUT2D eigenvalue weighted by molar-refractivity contribution is 0.0696. The van der Waals surface area contributed by atoms with Gasteiger partial charge in [0.05, 0.1) is 11.3 Å². The molecule has 0 radical (unpaired) electrons. The van der Waals surface area contributed by atoms with Crippen molar-refractivity contribution in [3.8, 4) is 0 Å². The highest BCUT2D eigenvalue weighted by molar-refractivity contribution is 5.91. The molecule has 1 heterocycles. The van der Waals surface area contributed by atoms with Crippen LogP contribution in [0.2, 0.25) is 0 Å². The van der Waals surface area contributed by atoms with Crippen molar-refractivity contribution in [2.24, 2.45) is 0 Å². The zero-order valence-electron chi connectivity index (χ0n) is 10.7. The Hall–Kier alpha value is -2.15. The van der Waals surface area contributed by atoms with E-state index in [2.05, 4.69) is 10.6 Å². The Morgan fingerprint density at radius 1 is 1.30 bits per heavy atom. The molecule has 0 unspecified atom stereocenters. The van der Waals surface area contributed by atoms with Gasteiger partial charge in [-0.05, 0) is 31.0 Å². The number of amides is 2. The SMILES string of the molecule is O=C(Nc1ccc(C(=O)O)cc1F)NC1CCOCC1. The Morgan fingerprint density at radius 3 is 2.60 bits per heavy atom.